The van der Waals surface area contributed by atoms with Crippen LogP contribution in [0, 0.1) is 35.5 Å². The second-order valence-corrected chi connectivity index (χ2v) is 19.3. The summed E-state index contributed by atoms with van der Waals surface area (Å²) in [6.45, 7) is 0.890. The summed E-state index contributed by atoms with van der Waals surface area (Å²) in [5, 5.41) is 117. The Morgan fingerprint density at radius 3 is 1.31 bits per heavy atom. The highest BCUT2D eigenvalue weighted by Crippen LogP contribution is 2.35. The third-order valence-electron chi connectivity index (χ3n) is 13.5. The van der Waals surface area contributed by atoms with Crippen LogP contribution in [0.5, 0.6) is 0 Å². The zero-order chi connectivity index (χ0) is 59.5. The highest BCUT2D eigenvalue weighted by atomic mass is 16.6. The Kier molecular flexibility index (Phi) is 20.8. The maximum atomic E-state index is 10.3. The molecular formula is C53H65N15O15. The molecule has 0 saturated carbocycles. The number of ether oxygens (including phenoxy) is 3. The zero-order valence-electron chi connectivity index (χ0n) is 44.7. The summed E-state index contributed by atoms with van der Waals surface area (Å²) in [7, 11) is 0. The molecule has 3 aliphatic rings. The van der Waals surface area contributed by atoms with Crippen molar-refractivity contribution >= 4 is 50.9 Å². The Bertz CT molecular complexity index is 3500. The monoisotopic (exact) mass is 1150 g/mol. The molecule has 2 unspecified atom stereocenters. The lowest BCUT2D eigenvalue weighted by Crippen LogP contribution is -2.33. The van der Waals surface area contributed by atoms with E-state index in [1.165, 1.54) is 32.7 Å². The van der Waals surface area contributed by atoms with Crippen molar-refractivity contribution in [2.75, 3.05) is 43.6 Å². The van der Waals surface area contributed by atoms with E-state index in [2.05, 4.69) is 87.3 Å². The van der Waals surface area contributed by atoms with E-state index in [0.717, 1.165) is 25.7 Å². The maximum absolute atomic E-state index is 10.3. The topological polar surface area (TPSA) is 479 Å². The molecule has 0 bridgehead atoms. The number of nitrogens with two attached hydrogens (primary N) is 3. The van der Waals surface area contributed by atoms with E-state index < -0.39 is 106 Å². The second kappa shape index (κ2) is 28.1. The number of unbranched alkanes of at least 4 members (excludes halogenated alkanes) is 4. The molecule has 0 radical (unpaired) electrons. The third kappa shape index (κ3) is 13.9. The van der Waals surface area contributed by atoms with Gasteiger partial charge in [0.05, 0.1) is 38.8 Å². The number of benzene rings is 1. The number of nitrogens with zero attached hydrogens (tertiary/aromatic N) is 12. The first-order valence-corrected chi connectivity index (χ1v) is 26.4. The molecule has 442 valence electrons. The molecule has 18 N–H and O–H groups in total. The smallest absolute Gasteiger partial charge is 0.209 e. The van der Waals surface area contributed by atoms with Crippen molar-refractivity contribution in [2.24, 2.45) is 0 Å². The van der Waals surface area contributed by atoms with Gasteiger partial charge in [-0.1, -0.05) is 67.9 Å². The van der Waals surface area contributed by atoms with Crippen LogP contribution < -0.4 is 17.2 Å². The van der Waals surface area contributed by atoms with Gasteiger partial charge in [-0.3, -0.25) is 13.7 Å². The zero-order valence-corrected chi connectivity index (χ0v) is 44.7. The van der Waals surface area contributed by atoms with Crippen molar-refractivity contribution in [1.29, 1.82) is 0 Å². The molecule has 30 nitrogen and oxygen atoms in total. The number of fused-ring (bicyclic) bond motifs is 3. The van der Waals surface area contributed by atoms with E-state index in [9.17, 15) is 56.2 Å². The van der Waals surface area contributed by atoms with E-state index in [-0.39, 0.29) is 58.3 Å². The fraction of sp³-hybridized carbons (Fsp3) is 0.491. The lowest BCUT2D eigenvalue weighted by molar-refractivity contribution is -0.0511. The van der Waals surface area contributed by atoms with Crippen molar-refractivity contribution in [2.45, 2.75) is 138 Å². The van der Waals surface area contributed by atoms with E-state index in [1.807, 2.05) is 6.07 Å². The molecule has 0 amide bonds. The number of aromatic nitrogens is 12. The number of rotatable bonds is 14. The van der Waals surface area contributed by atoms with Crippen LogP contribution >= 0.6 is 0 Å². The van der Waals surface area contributed by atoms with Crippen LogP contribution in [0.15, 0.2) is 49.3 Å². The van der Waals surface area contributed by atoms with Gasteiger partial charge in [0.15, 0.2) is 53.1 Å². The standard InChI is InChI=1S/C19H19N5O5.C18H25N5O5.C16H21N5O5/c20-17-14-18(24(9-21-14)19-16(28)15(27)12(8-25)29-19)23-13(22-17)7-6-11(26)10-4-2-1-3-5-10;1-2-3-4-5-10(25)6-7-12-21-16(19)13-17(22-12)23(9-20-13)18-15(27)14(26)11(8-24)28-18;17-14-11-15(20-10(19-14)5-3-1-2-4-6-22)21(8-18-11)16-13(25)12(24)9(7-23)26-16/h1-5,9,11-12,15-16,19,25-28H,8H2,(H2,20,22,23);9-11,14-15,18,24-27H,2-5,8H2,1H3,(H2,19,21,22);8-9,12-13,16,22-25H,1-2,4,6-7H2,(H2,17,19,20)/t11?,12-,15-,16-,19-;10?,11-,14-,15-,18-;9-,12-,13-,16-/m111/s1. The Labute approximate surface area is 472 Å². The van der Waals surface area contributed by atoms with E-state index in [0.29, 0.717) is 41.5 Å². The van der Waals surface area contributed by atoms with Gasteiger partial charge in [0.2, 0.25) is 17.5 Å². The molecule has 3 fully saturated rings. The van der Waals surface area contributed by atoms with Gasteiger partial charge in [-0.15, -0.1) is 0 Å². The summed E-state index contributed by atoms with van der Waals surface area (Å²) in [4.78, 5) is 37.6. The number of aliphatic hydroxyl groups excluding tert-OH is 12. The van der Waals surface area contributed by atoms with Crippen LogP contribution in [-0.4, -0.2) is 207 Å². The summed E-state index contributed by atoms with van der Waals surface area (Å²) in [5.74, 6) is 17.2. The van der Waals surface area contributed by atoms with Crippen molar-refractivity contribution in [3.05, 3.63) is 72.4 Å². The van der Waals surface area contributed by atoms with E-state index in [4.69, 9.17) is 36.5 Å². The third-order valence-corrected chi connectivity index (χ3v) is 13.5. The molecule has 0 spiro atoms. The van der Waals surface area contributed by atoms with Gasteiger partial charge < -0.3 is 92.7 Å². The first-order valence-electron chi connectivity index (χ1n) is 26.4. The Balaban J connectivity index is 0.000000163. The summed E-state index contributed by atoms with van der Waals surface area (Å²) in [5.41, 5.74) is 20.2. The number of aliphatic hydroxyl groups is 12. The minimum atomic E-state index is -1.30. The molecule has 14 atom stereocenters. The maximum Gasteiger partial charge on any atom is 0.209 e. The largest absolute Gasteiger partial charge is 0.396 e. The average molecular weight is 1150 g/mol. The van der Waals surface area contributed by atoms with Gasteiger partial charge in [-0.25, -0.2) is 44.9 Å². The fourth-order valence-electron chi connectivity index (χ4n) is 9.00. The van der Waals surface area contributed by atoms with Gasteiger partial charge in [0.1, 0.15) is 83.7 Å². The van der Waals surface area contributed by atoms with Gasteiger partial charge in [-0.2, -0.15) is 0 Å². The van der Waals surface area contributed by atoms with Crippen LogP contribution in [0.3, 0.4) is 0 Å². The summed E-state index contributed by atoms with van der Waals surface area (Å²) in [6, 6.07) is 8.91. The Morgan fingerprint density at radius 2 is 0.928 bits per heavy atom. The number of nitrogen functional groups attached to an aromatic ring is 3. The Hall–Kier alpha value is -7.65. The minimum Gasteiger partial charge on any atom is -0.396 e. The van der Waals surface area contributed by atoms with E-state index >= 15 is 0 Å². The van der Waals surface area contributed by atoms with Gasteiger partial charge >= 0.3 is 0 Å². The van der Waals surface area contributed by atoms with Crippen molar-refractivity contribution < 1.29 is 75.5 Å². The van der Waals surface area contributed by atoms with Crippen molar-refractivity contribution in [1.82, 2.24) is 58.6 Å². The quantitative estimate of drug-likeness (QED) is 0.0380. The SMILES string of the molecule is CCCCCC(O)C#Cc1nc(N)c2ncn([C@@H]3O[C@H](CO)[C@@H](O)[C@H]3O)c2n1.Nc1nc(C#CC(O)c2ccccc2)nc2c1ncn2[C@@H]1O[C@H](CO)[C@@H](O)[C@H]1O.Nc1nc(C#CCCCCO)nc2c1ncn2[C@@H]1O[C@H](CO)[C@@H](O)[C@H]1O. The van der Waals surface area contributed by atoms with Gasteiger partial charge in [-0.05, 0) is 49.0 Å². The summed E-state index contributed by atoms with van der Waals surface area (Å²) >= 11 is 0. The predicted octanol–water partition coefficient (Wildman–Crippen LogP) is -3.05. The molecule has 83 heavy (non-hydrogen) atoms. The number of imidazole rings is 3. The van der Waals surface area contributed by atoms with Gasteiger partial charge in [0, 0.05) is 13.0 Å². The Morgan fingerprint density at radius 1 is 0.518 bits per heavy atom. The first kappa shape index (κ1) is 61.4. The average Bonchev–Trinajstić information content (AvgIpc) is 3.20. The van der Waals surface area contributed by atoms with Crippen molar-refractivity contribution in [3.63, 3.8) is 0 Å². The number of hydrogen-bond acceptors (Lipinski definition) is 27. The lowest BCUT2D eigenvalue weighted by atomic mass is 10.1. The fourth-order valence-corrected chi connectivity index (χ4v) is 9.00. The molecule has 0 aliphatic carbocycles. The highest BCUT2D eigenvalue weighted by Gasteiger charge is 2.46. The highest BCUT2D eigenvalue weighted by molar-refractivity contribution is 5.83. The molecule has 3 aliphatic heterocycles. The predicted molar refractivity (Wildman–Crippen MR) is 291 cm³/mol. The molecule has 1 aromatic carbocycles. The molecule has 30 heteroatoms. The van der Waals surface area contributed by atoms with Crippen LogP contribution in [0.2, 0.25) is 0 Å². The molecule has 3 saturated heterocycles. The van der Waals surface area contributed by atoms with Crippen LogP contribution in [0.25, 0.3) is 33.5 Å². The van der Waals surface area contributed by atoms with Crippen LogP contribution in [0.1, 0.15) is 99.7 Å². The van der Waals surface area contributed by atoms with Crippen molar-refractivity contribution in [3.8, 4) is 35.5 Å². The number of anilines is 3. The summed E-state index contributed by atoms with van der Waals surface area (Å²) in [6.07, 6.45) is -5.44. The van der Waals surface area contributed by atoms with E-state index in [1.54, 1.807) is 24.3 Å². The van der Waals surface area contributed by atoms with Crippen LogP contribution in [0.4, 0.5) is 17.5 Å². The number of hydrogen-bond donors (Lipinski definition) is 15. The molecule has 7 aromatic rings. The normalized spacial score (nSPS) is 25.3. The second-order valence-electron chi connectivity index (χ2n) is 19.3. The van der Waals surface area contributed by atoms with Crippen LogP contribution in [-0.2, 0) is 14.2 Å². The molecular weight excluding hydrogens is 1090 g/mol. The minimum absolute atomic E-state index is 0.0541. The molecule has 6 aromatic heterocycles. The first-order chi connectivity index (χ1) is 40.0. The molecule has 9 heterocycles. The molecule has 10 rings (SSSR count). The lowest BCUT2D eigenvalue weighted by Gasteiger charge is -2.16. The van der Waals surface area contributed by atoms with Gasteiger partial charge in [0.25, 0.3) is 0 Å². The summed E-state index contributed by atoms with van der Waals surface area (Å²) < 4.78 is 20.8.